The molecular weight excluding hydrogens is 876 g/mol. The highest BCUT2D eigenvalue weighted by molar-refractivity contribution is 5.98. The molecule has 0 radical (unpaired) electrons. The zero-order chi connectivity index (χ0) is 50.1. The van der Waals surface area contributed by atoms with Crippen LogP contribution in [0.3, 0.4) is 0 Å². The number of nitrogens with one attached hydrogen (secondary N) is 8. The minimum atomic E-state index is -1.70. The molecule has 374 valence electrons. The van der Waals surface area contributed by atoms with Crippen molar-refractivity contribution in [2.75, 3.05) is 46.1 Å². The summed E-state index contributed by atoms with van der Waals surface area (Å²) in [5.74, 6) is -9.83. The highest BCUT2D eigenvalue weighted by atomic mass is 16.3. The third kappa shape index (κ3) is 20.4. The standard InChI is InChI=1S/C39H68N12O15/c1-20(2)9-10-30(57)45-22(7-4-5-12-40)34(61)47-24(15-29(41)56)36(63)44-21(3)33(60)43-16-31(58)51-13-6-8-28(51)39(66)50-27(19-55)37(64)46-23(11-14-52)35(62)49-26(18-54)38(65)48-25(17-53)32(42)59/h20-28,52-55H,4-19,40H2,1-3H3,(H2,41,56)(H2,42,59)(H,43,60)(H,44,63)(H,45,57)(H,46,64)(H,47,61)(H,48,65)(H,49,62)(H,50,66)/t21-,22+,23+,24+,25+,26+,27+,28+/m1/s1. The molecule has 0 spiro atoms. The molecule has 1 aliphatic heterocycles. The predicted octanol–water partition coefficient (Wildman–Crippen LogP) is -8.21. The van der Waals surface area contributed by atoms with Crippen molar-refractivity contribution in [2.24, 2.45) is 23.1 Å². The Balaban J connectivity index is 2.92. The largest absolute Gasteiger partial charge is 0.396 e. The maximum atomic E-state index is 13.3. The number of nitrogens with two attached hydrogens (primary N) is 3. The van der Waals surface area contributed by atoms with E-state index in [0.717, 1.165) is 4.90 Å². The maximum Gasteiger partial charge on any atom is 0.245 e. The highest BCUT2D eigenvalue weighted by Gasteiger charge is 2.37. The van der Waals surface area contributed by atoms with Crippen LogP contribution in [0, 0.1) is 5.92 Å². The van der Waals surface area contributed by atoms with Gasteiger partial charge in [0.2, 0.25) is 65.0 Å². The van der Waals surface area contributed by atoms with Crippen molar-refractivity contribution in [2.45, 2.75) is 127 Å². The minimum absolute atomic E-state index is 0.0474. The summed E-state index contributed by atoms with van der Waals surface area (Å²) in [4.78, 5) is 142. The van der Waals surface area contributed by atoms with E-state index in [2.05, 4.69) is 37.2 Å². The van der Waals surface area contributed by atoms with E-state index in [4.69, 9.17) is 17.2 Å². The van der Waals surface area contributed by atoms with E-state index in [0.29, 0.717) is 32.2 Å². The molecule has 1 heterocycles. The lowest BCUT2D eigenvalue weighted by Gasteiger charge is -2.27. The Kier molecular flexibility index (Phi) is 26.6. The van der Waals surface area contributed by atoms with Crippen LogP contribution in [0.2, 0.25) is 0 Å². The van der Waals surface area contributed by atoms with E-state index in [1.807, 2.05) is 19.2 Å². The second-order valence-electron chi connectivity index (χ2n) is 16.0. The molecule has 27 nitrogen and oxygen atoms in total. The SMILES string of the molecule is CC(C)CCC(=O)N[C@@H](CCCCN)C(=O)N[C@@H](CC(N)=O)C(=O)N[C@H](C)C(=O)NCC(=O)N1CCC[C@H]1C(=O)N[C@@H](CO)C(=O)N[C@@H](CCO)C(=O)N[C@@H](CO)C(=O)N[C@@H](CO)C(N)=O. The van der Waals surface area contributed by atoms with Crippen molar-refractivity contribution in [3.05, 3.63) is 0 Å². The quantitative estimate of drug-likeness (QED) is 0.0287. The first-order valence-electron chi connectivity index (χ1n) is 21.5. The van der Waals surface area contributed by atoms with Gasteiger partial charge in [0.05, 0.1) is 32.8 Å². The Morgan fingerprint density at radius 3 is 1.65 bits per heavy atom. The number of hydrogen-bond acceptors (Lipinski definition) is 16. The van der Waals surface area contributed by atoms with Gasteiger partial charge in [0.15, 0.2) is 0 Å². The second-order valence-corrected chi connectivity index (χ2v) is 16.0. The lowest BCUT2D eigenvalue weighted by Crippen LogP contribution is -2.60. The fourth-order valence-corrected chi connectivity index (χ4v) is 6.34. The number of aliphatic hydroxyl groups excluding tert-OH is 4. The molecule has 0 bridgehead atoms. The molecule has 0 unspecified atom stereocenters. The van der Waals surface area contributed by atoms with Gasteiger partial charge in [0.25, 0.3) is 0 Å². The van der Waals surface area contributed by atoms with Crippen molar-refractivity contribution < 1.29 is 73.2 Å². The third-order valence-electron chi connectivity index (χ3n) is 10.2. The van der Waals surface area contributed by atoms with E-state index >= 15 is 0 Å². The number of primary amides is 2. The Hall–Kier alpha value is -6.03. The summed E-state index contributed by atoms with van der Waals surface area (Å²) in [5, 5.41) is 56.7. The lowest BCUT2D eigenvalue weighted by molar-refractivity contribution is -0.140. The van der Waals surface area contributed by atoms with Crippen molar-refractivity contribution in [3.63, 3.8) is 0 Å². The summed E-state index contributed by atoms with van der Waals surface area (Å²) in [6.07, 6.45) is 1.25. The third-order valence-corrected chi connectivity index (χ3v) is 10.2. The summed E-state index contributed by atoms with van der Waals surface area (Å²) >= 11 is 0. The number of nitrogens with zero attached hydrogens (tertiary/aromatic N) is 1. The van der Waals surface area contributed by atoms with Crippen LogP contribution < -0.4 is 59.7 Å². The number of aliphatic hydroxyl groups is 4. The fourth-order valence-electron chi connectivity index (χ4n) is 6.34. The Labute approximate surface area is 381 Å². The number of carbonyl (C=O) groups excluding carboxylic acids is 11. The van der Waals surface area contributed by atoms with Gasteiger partial charge in [-0.05, 0) is 64.3 Å². The number of amides is 11. The van der Waals surface area contributed by atoms with Crippen LogP contribution in [-0.4, -0.2) is 185 Å². The number of carbonyl (C=O) groups is 11. The fraction of sp³-hybridized carbons (Fsp3) is 0.718. The molecule has 0 aromatic heterocycles. The van der Waals surface area contributed by atoms with Crippen LogP contribution in [0.4, 0.5) is 0 Å². The molecule has 0 saturated carbocycles. The maximum absolute atomic E-state index is 13.3. The summed E-state index contributed by atoms with van der Waals surface area (Å²) in [7, 11) is 0. The van der Waals surface area contributed by atoms with E-state index in [1.165, 1.54) is 6.92 Å². The summed E-state index contributed by atoms with van der Waals surface area (Å²) in [5.41, 5.74) is 16.0. The molecule has 66 heavy (non-hydrogen) atoms. The zero-order valence-corrected chi connectivity index (χ0v) is 37.5. The summed E-state index contributed by atoms with van der Waals surface area (Å²) in [6, 6.07) is -11.7. The van der Waals surface area contributed by atoms with Crippen molar-refractivity contribution in [1.82, 2.24) is 47.4 Å². The zero-order valence-electron chi connectivity index (χ0n) is 37.5. The Bertz CT molecular complexity index is 1700. The minimum Gasteiger partial charge on any atom is -0.396 e. The molecule has 1 fully saturated rings. The molecule has 1 aliphatic rings. The number of hydrogen-bond donors (Lipinski definition) is 15. The van der Waals surface area contributed by atoms with Gasteiger partial charge in [0, 0.05) is 19.6 Å². The number of rotatable bonds is 31. The van der Waals surface area contributed by atoms with Crippen LogP contribution in [0.25, 0.3) is 0 Å². The Morgan fingerprint density at radius 1 is 0.606 bits per heavy atom. The van der Waals surface area contributed by atoms with Crippen LogP contribution >= 0.6 is 0 Å². The summed E-state index contributed by atoms with van der Waals surface area (Å²) in [6.45, 7) is 1.28. The molecule has 0 aliphatic carbocycles. The smallest absolute Gasteiger partial charge is 0.245 e. The topological polar surface area (TPSA) is 446 Å². The van der Waals surface area contributed by atoms with Crippen molar-refractivity contribution in [1.29, 1.82) is 0 Å². The first kappa shape index (κ1) is 58.0. The molecule has 0 aromatic rings. The molecule has 0 aromatic carbocycles. The van der Waals surface area contributed by atoms with E-state index < -0.39 is 153 Å². The van der Waals surface area contributed by atoms with Crippen LogP contribution in [0.5, 0.6) is 0 Å². The molecule has 18 N–H and O–H groups in total. The van der Waals surface area contributed by atoms with Crippen LogP contribution in [0.1, 0.15) is 78.6 Å². The molecule has 8 atom stereocenters. The molecule has 27 heteroatoms. The van der Waals surface area contributed by atoms with Crippen molar-refractivity contribution >= 4 is 65.0 Å². The molecule has 11 amide bonds. The molecule has 1 rings (SSSR count). The molecular formula is C39H68N12O15. The van der Waals surface area contributed by atoms with Gasteiger partial charge < -0.3 is 85.1 Å². The normalized spacial score (nSPS) is 16.5. The average Bonchev–Trinajstić information content (AvgIpc) is 3.76. The van der Waals surface area contributed by atoms with Gasteiger partial charge in [0.1, 0.15) is 48.3 Å². The van der Waals surface area contributed by atoms with Gasteiger partial charge in [-0.1, -0.05) is 13.8 Å². The first-order chi connectivity index (χ1) is 31.1. The first-order valence-corrected chi connectivity index (χ1v) is 21.5. The highest BCUT2D eigenvalue weighted by Crippen LogP contribution is 2.18. The van der Waals surface area contributed by atoms with E-state index in [-0.39, 0.29) is 37.6 Å². The van der Waals surface area contributed by atoms with Crippen molar-refractivity contribution in [3.8, 4) is 0 Å². The Morgan fingerprint density at radius 2 is 1.12 bits per heavy atom. The van der Waals surface area contributed by atoms with Crippen LogP contribution in [-0.2, 0) is 52.7 Å². The monoisotopic (exact) mass is 944 g/mol. The van der Waals surface area contributed by atoms with E-state index in [1.54, 1.807) is 0 Å². The number of likely N-dealkylation sites (tertiary alicyclic amines) is 1. The van der Waals surface area contributed by atoms with E-state index in [9.17, 15) is 73.2 Å². The van der Waals surface area contributed by atoms with Gasteiger partial charge in [-0.3, -0.25) is 52.7 Å². The van der Waals surface area contributed by atoms with Gasteiger partial charge in [-0.2, -0.15) is 0 Å². The predicted molar refractivity (Wildman–Crippen MR) is 230 cm³/mol. The average molecular weight is 945 g/mol. The molecule has 1 saturated heterocycles. The lowest BCUT2D eigenvalue weighted by atomic mass is 10.0. The van der Waals surface area contributed by atoms with Crippen LogP contribution in [0.15, 0.2) is 0 Å². The van der Waals surface area contributed by atoms with Gasteiger partial charge in [-0.25, -0.2) is 0 Å². The van der Waals surface area contributed by atoms with Gasteiger partial charge >= 0.3 is 0 Å². The number of unbranched alkanes of at least 4 members (excludes halogenated alkanes) is 1. The summed E-state index contributed by atoms with van der Waals surface area (Å²) < 4.78 is 0. The second kappa shape index (κ2) is 30.2. The van der Waals surface area contributed by atoms with Gasteiger partial charge in [-0.15, -0.1) is 0 Å².